The zero-order chi connectivity index (χ0) is 24.4. The average Bonchev–Trinajstić information content (AvgIpc) is 3.30. The molecule has 3 N–H and O–H groups in total. The van der Waals surface area contributed by atoms with Crippen LogP contribution in [-0.4, -0.2) is 65.2 Å². The summed E-state index contributed by atoms with van der Waals surface area (Å²) in [6.45, 7) is 5.31. The minimum atomic E-state index is -0.102. The molecule has 0 aliphatic carbocycles. The molecule has 186 valence electrons. The topological polar surface area (TPSA) is 101 Å². The molecule has 2 bridgehead atoms. The van der Waals surface area contributed by atoms with Crippen LogP contribution >= 0.6 is 0 Å². The number of aryl methyl sites for hydroxylation is 1. The highest BCUT2D eigenvalue weighted by Gasteiger charge is 2.32. The molecular weight excluding hydrogens is 442 g/mol. The van der Waals surface area contributed by atoms with E-state index in [1.807, 2.05) is 46.7 Å². The summed E-state index contributed by atoms with van der Waals surface area (Å²) < 4.78 is 8.05. The molecule has 2 aliphatic rings. The van der Waals surface area contributed by atoms with Crippen molar-refractivity contribution in [2.45, 2.75) is 45.1 Å². The van der Waals surface area contributed by atoms with Crippen LogP contribution in [0.2, 0.25) is 0 Å². The van der Waals surface area contributed by atoms with Gasteiger partial charge in [-0.15, -0.1) is 0 Å². The van der Waals surface area contributed by atoms with Crippen molar-refractivity contribution in [1.82, 2.24) is 19.5 Å². The Labute approximate surface area is 206 Å². The van der Waals surface area contributed by atoms with Crippen molar-refractivity contribution in [3.63, 3.8) is 0 Å². The molecule has 1 amide bonds. The Bertz CT molecular complexity index is 1210. The van der Waals surface area contributed by atoms with Crippen LogP contribution in [0.4, 0.5) is 11.6 Å². The smallest absolute Gasteiger partial charge is 0.258 e. The summed E-state index contributed by atoms with van der Waals surface area (Å²) in [6.07, 6.45) is 4.75. The Morgan fingerprint density at radius 1 is 1.14 bits per heavy atom. The van der Waals surface area contributed by atoms with Gasteiger partial charge in [-0.1, -0.05) is 11.6 Å². The van der Waals surface area contributed by atoms with Crippen molar-refractivity contribution in [3.8, 4) is 5.75 Å². The summed E-state index contributed by atoms with van der Waals surface area (Å²) in [7, 11) is 2.08. The number of piperidine rings is 1. The molecule has 4 heterocycles. The number of ether oxygens (including phenoxy) is 1. The molecule has 2 aromatic heterocycles. The fourth-order valence-electron chi connectivity index (χ4n) is 5.02. The number of benzene rings is 1. The van der Waals surface area contributed by atoms with E-state index >= 15 is 0 Å². The van der Waals surface area contributed by atoms with Gasteiger partial charge in [0.1, 0.15) is 17.4 Å². The lowest BCUT2D eigenvalue weighted by atomic mass is 9.97. The molecule has 2 aliphatic heterocycles. The quantitative estimate of drug-likeness (QED) is 0.596. The van der Waals surface area contributed by atoms with E-state index in [2.05, 4.69) is 17.3 Å². The number of nitrogens with two attached hydrogens (primary N) is 1. The zero-order valence-electron chi connectivity index (χ0n) is 20.7. The summed E-state index contributed by atoms with van der Waals surface area (Å²) in [5.41, 5.74) is 9.04. The van der Waals surface area contributed by atoms with Gasteiger partial charge in [0.2, 0.25) is 0 Å². The maximum absolute atomic E-state index is 13.9. The highest BCUT2D eigenvalue weighted by atomic mass is 16.5. The number of rotatable bonds is 3. The summed E-state index contributed by atoms with van der Waals surface area (Å²) in [5, 5.41) is 8.31. The SMILES string of the molecule is Cc1ccc2c(c1)C(=O)N1CCCC[C@H]1c1cc3nc(NCCN)cc(n3n1)N(C)CCCCO2. The fraction of sp³-hybridized carbons (Fsp3) is 0.500. The number of aromatic nitrogens is 3. The van der Waals surface area contributed by atoms with Crippen molar-refractivity contribution in [1.29, 1.82) is 0 Å². The molecule has 5 rings (SSSR count). The van der Waals surface area contributed by atoms with E-state index in [4.69, 9.17) is 20.6 Å². The summed E-state index contributed by atoms with van der Waals surface area (Å²) in [4.78, 5) is 22.9. The van der Waals surface area contributed by atoms with Crippen LogP contribution in [0.1, 0.15) is 59.8 Å². The van der Waals surface area contributed by atoms with Crippen LogP contribution in [-0.2, 0) is 0 Å². The van der Waals surface area contributed by atoms with Crippen LogP contribution in [0.25, 0.3) is 5.65 Å². The standard InChI is InChI=1S/C26H35N7O2/c1-18-8-9-22-19(15-18)26(34)32-13-4-3-7-21(32)20-16-24-29-23(28-11-10-27)17-25(33(24)30-20)31(2)12-5-6-14-35-22/h8-9,15-17,21H,3-7,10-14,27H2,1-2H3,(H,28,29)/t21-/m0/s1. The lowest BCUT2D eigenvalue weighted by Crippen LogP contribution is -2.39. The zero-order valence-corrected chi connectivity index (χ0v) is 20.7. The molecule has 9 nitrogen and oxygen atoms in total. The second-order valence-corrected chi connectivity index (χ2v) is 9.54. The van der Waals surface area contributed by atoms with Crippen LogP contribution < -0.4 is 20.7 Å². The van der Waals surface area contributed by atoms with E-state index < -0.39 is 0 Å². The summed E-state index contributed by atoms with van der Waals surface area (Å²) in [5.74, 6) is 2.42. The first-order valence-corrected chi connectivity index (χ1v) is 12.7. The third-order valence-electron chi connectivity index (χ3n) is 6.88. The number of nitrogens with zero attached hydrogens (tertiary/aromatic N) is 5. The lowest BCUT2D eigenvalue weighted by molar-refractivity contribution is 0.0601. The third-order valence-corrected chi connectivity index (χ3v) is 6.88. The van der Waals surface area contributed by atoms with Gasteiger partial charge in [-0.3, -0.25) is 4.79 Å². The summed E-state index contributed by atoms with van der Waals surface area (Å²) >= 11 is 0. The van der Waals surface area contributed by atoms with Gasteiger partial charge >= 0.3 is 0 Å². The van der Waals surface area contributed by atoms with Gasteiger partial charge < -0.3 is 25.6 Å². The first kappa shape index (κ1) is 23.4. The molecule has 1 aromatic carbocycles. The monoisotopic (exact) mass is 477 g/mol. The highest BCUT2D eigenvalue weighted by molar-refractivity contribution is 5.97. The van der Waals surface area contributed by atoms with Crippen molar-refractivity contribution in [3.05, 3.63) is 47.2 Å². The maximum Gasteiger partial charge on any atom is 0.258 e. The van der Waals surface area contributed by atoms with E-state index in [0.717, 1.165) is 67.2 Å². The average molecular weight is 478 g/mol. The van der Waals surface area contributed by atoms with Crippen molar-refractivity contribution < 1.29 is 9.53 Å². The van der Waals surface area contributed by atoms with Crippen LogP contribution in [0.5, 0.6) is 5.75 Å². The van der Waals surface area contributed by atoms with Crippen molar-refractivity contribution in [2.75, 3.05) is 50.1 Å². The summed E-state index contributed by atoms with van der Waals surface area (Å²) in [6, 6.07) is 9.84. The molecule has 1 saturated heterocycles. The molecule has 35 heavy (non-hydrogen) atoms. The van der Waals surface area contributed by atoms with Crippen LogP contribution in [0, 0.1) is 6.92 Å². The number of fused-ring (bicyclic) bond motifs is 4. The predicted molar refractivity (Wildman–Crippen MR) is 137 cm³/mol. The second-order valence-electron chi connectivity index (χ2n) is 9.54. The number of hydrogen-bond acceptors (Lipinski definition) is 7. The maximum atomic E-state index is 13.9. The highest BCUT2D eigenvalue weighted by Crippen LogP contribution is 2.35. The predicted octanol–water partition coefficient (Wildman–Crippen LogP) is 3.38. The Kier molecular flexibility index (Phi) is 6.77. The molecule has 3 aromatic rings. The van der Waals surface area contributed by atoms with Gasteiger partial charge in [0.25, 0.3) is 5.91 Å². The normalized spacial score (nSPS) is 19.1. The molecule has 1 fully saturated rings. The van der Waals surface area contributed by atoms with Gasteiger partial charge in [-0.2, -0.15) is 9.61 Å². The van der Waals surface area contributed by atoms with Crippen molar-refractivity contribution in [2.24, 2.45) is 5.73 Å². The Hall–Kier alpha value is -3.33. The molecule has 0 spiro atoms. The number of hydrogen-bond donors (Lipinski definition) is 2. The van der Waals surface area contributed by atoms with Crippen LogP contribution in [0.15, 0.2) is 30.3 Å². The number of nitrogens with one attached hydrogen (secondary N) is 1. The third kappa shape index (κ3) is 4.77. The van der Waals surface area contributed by atoms with Gasteiger partial charge in [0.05, 0.1) is 23.9 Å². The molecule has 0 radical (unpaired) electrons. The van der Waals surface area contributed by atoms with Gasteiger partial charge in [0.15, 0.2) is 5.65 Å². The Balaban J connectivity index is 1.61. The number of anilines is 2. The lowest BCUT2D eigenvalue weighted by Gasteiger charge is -2.35. The molecular formula is C26H35N7O2. The number of carbonyl (C=O) groups is 1. The minimum Gasteiger partial charge on any atom is -0.493 e. The largest absolute Gasteiger partial charge is 0.493 e. The minimum absolute atomic E-state index is 0.0101. The van der Waals surface area contributed by atoms with Gasteiger partial charge in [-0.05, 0) is 51.2 Å². The second kappa shape index (κ2) is 10.1. The van der Waals surface area contributed by atoms with E-state index in [0.29, 0.717) is 37.6 Å². The van der Waals surface area contributed by atoms with Crippen LogP contribution in [0.3, 0.4) is 0 Å². The van der Waals surface area contributed by atoms with Gasteiger partial charge in [-0.25, -0.2) is 4.98 Å². The molecule has 9 heteroatoms. The number of carbonyl (C=O) groups excluding carboxylic acids is 1. The Morgan fingerprint density at radius 2 is 2.00 bits per heavy atom. The van der Waals surface area contributed by atoms with E-state index in [1.54, 1.807) is 0 Å². The first-order chi connectivity index (χ1) is 17.0. The fourth-order valence-corrected chi connectivity index (χ4v) is 5.02. The van der Waals surface area contributed by atoms with E-state index in [1.165, 1.54) is 0 Å². The van der Waals surface area contributed by atoms with E-state index in [9.17, 15) is 4.79 Å². The number of amides is 1. The molecule has 0 unspecified atom stereocenters. The van der Waals surface area contributed by atoms with Gasteiger partial charge in [0, 0.05) is 45.4 Å². The first-order valence-electron chi connectivity index (χ1n) is 12.7. The molecule has 1 atom stereocenters. The van der Waals surface area contributed by atoms with Crippen molar-refractivity contribution >= 4 is 23.2 Å². The molecule has 0 saturated carbocycles. The Morgan fingerprint density at radius 3 is 2.86 bits per heavy atom. The van der Waals surface area contributed by atoms with E-state index in [-0.39, 0.29) is 11.9 Å².